The molecule has 0 saturated carbocycles. The van der Waals surface area contributed by atoms with Gasteiger partial charge in [-0.1, -0.05) is 6.92 Å². The van der Waals surface area contributed by atoms with Crippen LogP contribution in [-0.4, -0.2) is 50.3 Å². The Morgan fingerprint density at radius 2 is 2.31 bits per heavy atom. The number of hydrogen-bond acceptors (Lipinski definition) is 4. The second kappa shape index (κ2) is 7.14. The van der Waals surface area contributed by atoms with Crippen LogP contribution >= 0.6 is 11.8 Å². The first-order valence-electron chi connectivity index (χ1n) is 5.77. The number of ether oxygens (including phenoxy) is 1. The van der Waals surface area contributed by atoms with Crippen molar-refractivity contribution in [2.75, 3.05) is 32.3 Å². The molecule has 3 atom stereocenters. The van der Waals surface area contributed by atoms with E-state index >= 15 is 0 Å². The molecule has 5 heteroatoms. The zero-order valence-electron chi connectivity index (χ0n) is 10.3. The van der Waals surface area contributed by atoms with Gasteiger partial charge in [-0.05, 0) is 19.7 Å². The number of carbonyl (C=O) groups is 1. The van der Waals surface area contributed by atoms with Crippen LogP contribution in [0.2, 0.25) is 0 Å². The minimum atomic E-state index is -0.0408. The van der Waals surface area contributed by atoms with Crippen LogP contribution in [0.1, 0.15) is 13.3 Å². The Morgan fingerprint density at radius 3 is 2.88 bits per heavy atom. The molecule has 0 aromatic carbocycles. The van der Waals surface area contributed by atoms with Gasteiger partial charge >= 0.3 is 0 Å². The smallest absolute Gasteiger partial charge is 0.227 e. The Labute approximate surface area is 102 Å². The Hall–Kier alpha value is -0.260. The molecule has 1 aliphatic rings. The van der Waals surface area contributed by atoms with Gasteiger partial charge in [-0.2, -0.15) is 11.8 Å². The first kappa shape index (κ1) is 13.8. The molecule has 1 heterocycles. The van der Waals surface area contributed by atoms with E-state index in [9.17, 15) is 4.79 Å². The summed E-state index contributed by atoms with van der Waals surface area (Å²) in [6.45, 7) is 3.27. The third-order valence-corrected chi connectivity index (χ3v) is 3.73. The summed E-state index contributed by atoms with van der Waals surface area (Å²) >= 11 is 1.76. The van der Waals surface area contributed by atoms with Gasteiger partial charge in [0, 0.05) is 17.8 Å². The largest absolute Gasteiger partial charge is 0.379 e. The summed E-state index contributed by atoms with van der Waals surface area (Å²) in [6, 6.07) is 0.437. The highest BCUT2D eigenvalue weighted by atomic mass is 32.2. The van der Waals surface area contributed by atoms with Crippen molar-refractivity contribution in [2.45, 2.75) is 25.4 Å². The van der Waals surface area contributed by atoms with Crippen LogP contribution in [0.15, 0.2) is 0 Å². The quantitative estimate of drug-likeness (QED) is 0.716. The molecule has 3 unspecified atom stereocenters. The lowest BCUT2D eigenvalue weighted by atomic mass is 10.0. The number of thioether (sulfide) groups is 1. The minimum absolute atomic E-state index is 0.0408. The normalized spacial score (nSPS) is 26.7. The third-order valence-electron chi connectivity index (χ3n) is 3.00. The summed E-state index contributed by atoms with van der Waals surface area (Å²) in [5.74, 6) is 1.05. The monoisotopic (exact) mass is 246 g/mol. The average molecular weight is 246 g/mol. The zero-order valence-corrected chi connectivity index (χ0v) is 11.1. The van der Waals surface area contributed by atoms with E-state index in [1.54, 1.807) is 11.8 Å². The van der Waals surface area contributed by atoms with Gasteiger partial charge in [-0.25, -0.2) is 0 Å². The van der Waals surface area contributed by atoms with Gasteiger partial charge < -0.3 is 15.4 Å². The Morgan fingerprint density at radius 1 is 1.56 bits per heavy atom. The number of likely N-dealkylation sites (N-methyl/N-ethyl adjacent to an activating group) is 1. The molecule has 0 aromatic heterocycles. The molecule has 1 aliphatic heterocycles. The lowest BCUT2D eigenvalue weighted by Crippen LogP contribution is -2.46. The Balaban J connectivity index is 2.43. The predicted molar refractivity (Wildman–Crippen MR) is 67.8 cm³/mol. The summed E-state index contributed by atoms with van der Waals surface area (Å²) in [5, 5.41) is 6.22. The summed E-state index contributed by atoms with van der Waals surface area (Å²) in [5.41, 5.74) is 0. The standard InChI is InChI=1S/C11H22N2O2S/c1-4-8(7-16-3)13-11(14)9-5-15-6-10(9)12-2/h8-10,12H,4-7H2,1-3H3,(H,13,14). The lowest BCUT2D eigenvalue weighted by Gasteiger charge is -2.21. The van der Waals surface area contributed by atoms with Crippen molar-refractivity contribution in [3.05, 3.63) is 0 Å². The lowest BCUT2D eigenvalue weighted by molar-refractivity contribution is -0.126. The van der Waals surface area contributed by atoms with Crippen molar-refractivity contribution in [1.82, 2.24) is 10.6 Å². The van der Waals surface area contributed by atoms with Crippen LogP contribution in [0.4, 0.5) is 0 Å². The molecule has 1 amide bonds. The van der Waals surface area contributed by atoms with Crippen LogP contribution in [0, 0.1) is 5.92 Å². The van der Waals surface area contributed by atoms with Gasteiger partial charge in [0.2, 0.25) is 5.91 Å². The summed E-state index contributed by atoms with van der Waals surface area (Å²) in [6.07, 6.45) is 3.04. The molecule has 1 saturated heterocycles. The molecule has 2 N–H and O–H groups in total. The van der Waals surface area contributed by atoms with E-state index in [4.69, 9.17) is 4.74 Å². The second-order valence-corrected chi connectivity index (χ2v) is 5.02. The highest BCUT2D eigenvalue weighted by molar-refractivity contribution is 7.98. The van der Waals surface area contributed by atoms with Crippen LogP contribution in [0.3, 0.4) is 0 Å². The van der Waals surface area contributed by atoms with E-state index in [1.807, 2.05) is 7.05 Å². The third kappa shape index (κ3) is 3.64. The van der Waals surface area contributed by atoms with Crippen molar-refractivity contribution < 1.29 is 9.53 Å². The molecule has 1 fully saturated rings. The molecular formula is C11H22N2O2S. The van der Waals surface area contributed by atoms with E-state index in [1.165, 1.54) is 0 Å². The maximum Gasteiger partial charge on any atom is 0.227 e. The van der Waals surface area contributed by atoms with Crippen molar-refractivity contribution in [1.29, 1.82) is 0 Å². The number of nitrogens with one attached hydrogen (secondary N) is 2. The Kier molecular flexibility index (Phi) is 6.16. The van der Waals surface area contributed by atoms with Crippen molar-refractivity contribution in [3.8, 4) is 0 Å². The molecule has 0 radical (unpaired) electrons. The van der Waals surface area contributed by atoms with Crippen LogP contribution < -0.4 is 10.6 Å². The summed E-state index contributed by atoms with van der Waals surface area (Å²) in [4.78, 5) is 12.0. The van der Waals surface area contributed by atoms with Crippen LogP contribution in [0.5, 0.6) is 0 Å². The van der Waals surface area contributed by atoms with Crippen LogP contribution in [-0.2, 0) is 9.53 Å². The van der Waals surface area contributed by atoms with E-state index < -0.39 is 0 Å². The fourth-order valence-corrected chi connectivity index (χ4v) is 2.59. The fourth-order valence-electron chi connectivity index (χ4n) is 1.87. The zero-order chi connectivity index (χ0) is 12.0. The minimum Gasteiger partial charge on any atom is -0.379 e. The average Bonchev–Trinajstić information content (AvgIpc) is 2.76. The number of hydrogen-bond donors (Lipinski definition) is 2. The first-order valence-corrected chi connectivity index (χ1v) is 7.16. The fraction of sp³-hybridized carbons (Fsp3) is 0.909. The SMILES string of the molecule is CCC(CSC)NC(=O)C1COCC1NC. The molecule has 1 rings (SSSR count). The summed E-state index contributed by atoms with van der Waals surface area (Å²) < 4.78 is 5.33. The van der Waals surface area contributed by atoms with E-state index in [2.05, 4.69) is 23.8 Å². The first-order chi connectivity index (χ1) is 7.72. The molecule has 94 valence electrons. The summed E-state index contributed by atoms with van der Waals surface area (Å²) in [7, 11) is 1.87. The number of rotatable bonds is 6. The molecule has 4 nitrogen and oxygen atoms in total. The molecule has 0 aliphatic carbocycles. The molecule has 0 spiro atoms. The molecule has 0 aromatic rings. The van der Waals surface area contributed by atoms with Gasteiger partial charge in [0.05, 0.1) is 19.1 Å². The highest BCUT2D eigenvalue weighted by Gasteiger charge is 2.33. The van der Waals surface area contributed by atoms with Gasteiger partial charge in [0.25, 0.3) is 0 Å². The van der Waals surface area contributed by atoms with Gasteiger partial charge in [-0.3, -0.25) is 4.79 Å². The van der Waals surface area contributed by atoms with Gasteiger partial charge in [0.15, 0.2) is 0 Å². The molecule has 16 heavy (non-hydrogen) atoms. The van der Waals surface area contributed by atoms with Crippen molar-refractivity contribution in [2.24, 2.45) is 5.92 Å². The second-order valence-electron chi connectivity index (χ2n) is 4.11. The predicted octanol–water partition coefficient (Wildman–Crippen LogP) is 0.479. The van der Waals surface area contributed by atoms with E-state index in [0.717, 1.165) is 12.2 Å². The maximum atomic E-state index is 12.0. The van der Waals surface area contributed by atoms with E-state index in [0.29, 0.717) is 13.2 Å². The molecule has 0 bridgehead atoms. The van der Waals surface area contributed by atoms with E-state index in [-0.39, 0.29) is 23.9 Å². The number of carbonyl (C=O) groups excluding carboxylic acids is 1. The van der Waals surface area contributed by atoms with Gasteiger partial charge in [0.1, 0.15) is 0 Å². The molecular weight excluding hydrogens is 224 g/mol. The van der Waals surface area contributed by atoms with Crippen molar-refractivity contribution >= 4 is 17.7 Å². The highest BCUT2D eigenvalue weighted by Crippen LogP contribution is 2.14. The van der Waals surface area contributed by atoms with Crippen molar-refractivity contribution in [3.63, 3.8) is 0 Å². The number of amides is 1. The Bertz CT molecular complexity index is 226. The topological polar surface area (TPSA) is 50.4 Å². The van der Waals surface area contributed by atoms with Crippen LogP contribution in [0.25, 0.3) is 0 Å². The van der Waals surface area contributed by atoms with Gasteiger partial charge in [-0.15, -0.1) is 0 Å². The maximum absolute atomic E-state index is 12.0.